The van der Waals surface area contributed by atoms with E-state index in [4.69, 9.17) is 4.74 Å². The first-order chi connectivity index (χ1) is 15.5. The van der Waals surface area contributed by atoms with E-state index in [-0.39, 0.29) is 11.5 Å². The molecule has 1 saturated heterocycles. The van der Waals surface area contributed by atoms with Gasteiger partial charge in [0, 0.05) is 26.2 Å². The molecule has 9 nitrogen and oxygen atoms in total. The number of aromatic nitrogens is 4. The van der Waals surface area contributed by atoms with Crippen LogP contribution in [0.15, 0.2) is 35.1 Å². The number of nitrogens with one attached hydrogen (secondary N) is 1. The number of carbonyl (C=O) groups excluding carboxylic acids is 1. The fraction of sp³-hybridized carbons (Fsp3) is 0.478. The lowest BCUT2D eigenvalue weighted by atomic mass is 10.2. The maximum Gasteiger partial charge on any atom is 0.278 e. The molecule has 2 aromatic heterocycles. The van der Waals surface area contributed by atoms with Crippen LogP contribution in [0.3, 0.4) is 0 Å². The van der Waals surface area contributed by atoms with Crippen molar-refractivity contribution in [2.45, 2.75) is 33.2 Å². The highest BCUT2D eigenvalue weighted by atomic mass is 16.5. The molecule has 1 amide bonds. The highest BCUT2D eigenvalue weighted by Crippen LogP contribution is 2.21. The molecule has 3 aromatic rings. The normalized spacial score (nSPS) is 15.7. The SMILES string of the molecule is CC[C@@H](C(=O)NCCN1CCOCC1)n1nc(C)c2nn(-c3ccccc3)c(C)c2c1=O. The smallest absolute Gasteiger partial charge is 0.278 e. The fourth-order valence-electron chi connectivity index (χ4n) is 4.16. The zero-order valence-corrected chi connectivity index (χ0v) is 18.9. The molecule has 0 spiro atoms. The van der Waals surface area contributed by atoms with E-state index < -0.39 is 6.04 Å². The summed E-state index contributed by atoms with van der Waals surface area (Å²) in [5.74, 6) is -0.192. The summed E-state index contributed by atoms with van der Waals surface area (Å²) in [6.45, 7) is 10.1. The maximum atomic E-state index is 13.4. The second-order valence-electron chi connectivity index (χ2n) is 8.06. The summed E-state index contributed by atoms with van der Waals surface area (Å²) in [5, 5.41) is 12.6. The van der Waals surface area contributed by atoms with Gasteiger partial charge in [-0.3, -0.25) is 14.5 Å². The topological polar surface area (TPSA) is 94.3 Å². The summed E-state index contributed by atoms with van der Waals surface area (Å²) in [5.41, 5.74) is 2.50. The third-order valence-corrected chi connectivity index (χ3v) is 5.95. The number of nitrogens with zero attached hydrogens (tertiary/aromatic N) is 5. The van der Waals surface area contributed by atoms with E-state index in [2.05, 4.69) is 20.4 Å². The standard InChI is InChI=1S/C23H30N6O3/c1-4-19(22(30)24-10-11-27-12-14-32-15-13-27)29-23(31)20-17(3)28(18-8-6-5-7-9-18)26-21(20)16(2)25-29/h5-9,19H,4,10-15H2,1-3H3,(H,24,30)/t19-/m0/s1. The lowest BCUT2D eigenvalue weighted by Gasteiger charge is -2.26. The number of rotatable bonds is 7. The molecule has 4 rings (SSSR count). The molecule has 0 unspecified atom stereocenters. The van der Waals surface area contributed by atoms with E-state index in [0.717, 1.165) is 44.2 Å². The lowest BCUT2D eigenvalue weighted by molar-refractivity contribution is -0.124. The van der Waals surface area contributed by atoms with Gasteiger partial charge in [-0.15, -0.1) is 0 Å². The van der Waals surface area contributed by atoms with E-state index in [0.29, 0.717) is 29.6 Å². The number of benzene rings is 1. The fourth-order valence-corrected chi connectivity index (χ4v) is 4.16. The van der Waals surface area contributed by atoms with Gasteiger partial charge in [-0.25, -0.2) is 9.36 Å². The molecule has 9 heteroatoms. The van der Waals surface area contributed by atoms with E-state index in [9.17, 15) is 9.59 Å². The summed E-state index contributed by atoms with van der Waals surface area (Å²) in [7, 11) is 0. The quantitative estimate of drug-likeness (QED) is 0.602. The molecule has 1 atom stereocenters. The van der Waals surface area contributed by atoms with Gasteiger partial charge in [0.1, 0.15) is 11.6 Å². The zero-order chi connectivity index (χ0) is 22.7. The van der Waals surface area contributed by atoms with E-state index in [1.54, 1.807) is 4.68 Å². The zero-order valence-electron chi connectivity index (χ0n) is 18.9. The Balaban J connectivity index is 1.60. The number of amides is 1. The Kier molecular flexibility index (Phi) is 6.66. The second kappa shape index (κ2) is 9.62. The Morgan fingerprint density at radius 2 is 1.88 bits per heavy atom. The minimum Gasteiger partial charge on any atom is -0.379 e. The van der Waals surface area contributed by atoms with Crippen molar-refractivity contribution in [3.8, 4) is 5.69 Å². The molecule has 0 radical (unpaired) electrons. The van der Waals surface area contributed by atoms with Crippen LogP contribution in [0, 0.1) is 13.8 Å². The van der Waals surface area contributed by atoms with Crippen LogP contribution >= 0.6 is 0 Å². The Morgan fingerprint density at radius 1 is 1.16 bits per heavy atom. The van der Waals surface area contributed by atoms with E-state index in [1.807, 2.05) is 51.1 Å². The van der Waals surface area contributed by atoms with Crippen LogP contribution in [-0.2, 0) is 9.53 Å². The van der Waals surface area contributed by atoms with Crippen molar-refractivity contribution < 1.29 is 9.53 Å². The van der Waals surface area contributed by atoms with Crippen LogP contribution in [0.4, 0.5) is 0 Å². The number of fused-ring (bicyclic) bond motifs is 1. The molecule has 1 N–H and O–H groups in total. The van der Waals surface area contributed by atoms with Crippen molar-refractivity contribution in [1.82, 2.24) is 29.8 Å². The van der Waals surface area contributed by atoms with Gasteiger partial charge >= 0.3 is 0 Å². The highest BCUT2D eigenvalue weighted by molar-refractivity contribution is 5.84. The van der Waals surface area contributed by atoms with Crippen LogP contribution in [0.5, 0.6) is 0 Å². The average molecular weight is 439 g/mol. The molecule has 32 heavy (non-hydrogen) atoms. The van der Waals surface area contributed by atoms with Crippen molar-refractivity contribution in [1.29, 1.82) is 0 Å². The monoisotopic (exact) mass is 438 g/mol. The summed E-state index contributed by atoms with van der Waals surface area (Å²) in [6, 6.07) is 9.01. The Bertz CT molecular complexity index is 1150. The molecular formula is C23H30N6O3. The first kappa shape index (κ1) is 22.2. The van der Waals surface area contributed by atoms with Gasteiger partial charge < -0.3 is 10.1 Å². The van der Waals surface area contributed by atoms with Crippen molar-refractivity contribution in [3.05, 3.63) is 52.1 Å². The van der Waals surface area contributed by atoms with Gasteiger partial charge in [0.05, 0.1) is 35.7 Å². The van der Waals surface area contributed by atoms with Crippen LogP contribution in [0.2, 0.25) is 0 Å². The van der Waals surface area contributed by atoms with Crippen LogP contribution < -0.4 is 10.9 Å². The molecule has 0 bridgehead atoms. The Hall–Kier alpha value is -3.04. The number of aryl methyl sites for hydroxylation is 2. The number of para-hydroxylation sites is 1. The summed E-state index contributed by atoms with van der Waals surface area (Å²) < 4.78 is 8.44. The molecule has 1 aromatic carbocycles. The van der Waals surface area contributed by atoms with Gasteiger partial charge in [0.25, 0.3) is 5.56 Å². The van der Waals surface area contributed by atoms with Gasteiger partial charge in [-0.2, -0.15) is 10.2 Å². The van der Waals surface area contributed by atoms with Gasteiger partial charge in [-0.05, 0) is 32.4 Å². The van der Waals surface area contributed by atoms with Gasteiger partial charge in [0.2, 0.25) is 5.91 Å². The number of ether oxygens (including phenoxy) is 1. The Morgan fingerprint density at radius 3 is 2.56 bits per heavy atom. The number of morpholine rings is 1. The van der Waals surface area contributed by atoms with Crippen molar-refractivity contribution in [3.63, 3.8) is 0 Å². The van der Waals surface area contributed by atoms with Crippen molar-refractivity contribution in [2.75, 3.05) is 39.4 Å². The van der Waals surface area contributed by atoms with Crippen molar-refractivity contribution >= 4 is 16.8 Å². The van der Waals surface area contributed by atoms with E-state index >= 15 is 0 Å². The molecule has 1 aliphatic heterocycles. The largest absolute Gasteiger partial charge is 0.379 e. The minimum atomic E-state index is -0.672. The van der Waals surface area contributed by atoms with Gasteiger partial charge in [-0.1, -0.05) is 25.1 Å². The van der Waals surface area contributed by atoms with Crippen LogP contribution in [-0.4, -0.2) is 69.8 Å². The van der Waals surface area contributed by atoms with Crippen LogP contribution in [0.25, 0.3) is 16.6 Å². The lowest BCUT2D eigenvalue weighted by Crippen LogP contribution is -2.44. The maximum absolute atomic E-state index is 13.4. The summed E-state index contributed by atoms with van der Waals surface area (Å²) in [4.78, 5) is 28.6. The number of hydrogen-bond donors (Lipinski definition) is 1. The molecule has 170 valence electrons. The van der Waals surface area contributed by atoms with Gasteiger partial charge in [0.15, 0.2) is 0 Å². The summed E-state index contributed by atoms with van der Waals surface area (Å²) in [6.07, 6.45) is 0.465. The molecule has 0 saturated carbocycles. The Labute approximate surface area is 187 Å². The molecular weight excluding hydrogens is 408 g/mol. The predicted molar refractivity (Wildman–Crippen MR) is 122 cm³/mol. The average Bonchev–Trinajstić information content (AvgIpc) is 3.17. The first-order valence-electron chi connectivity index (χ1n) is 11.1. The molecule has 3 heterocycles. The third-order valence-electron chi connectivity index (χ3n) is 5.95. The minimum absolute atomic E-state index is 0.192. The summed E-state index contributed by atoms with van der Waals surface area (Å²) >= 11 is 0. The highest BCUT2D eigenvalue weighted by Gasteiger charge is 2.25. The first-order valence-corrected chi connectivity index (χ1v) is 11.1. The second-order valence-corrected chi connectivity index (χ2v) is 8.06. The molecule has 1 fully saturated rings. The third kappa shape index (κ3) is 4.31. The van der Waals surface area contributed by atoms with Crippen molar-refractivity contribution in [2.24, 2.45) is 0 Å². The molecule has 1 aliphatic rings. The molecule has 0 aliphatic carbocycles. The number of hydrogen-bond acceptors (Lipinski definition) is 6. The van der Waals surface area contributed by atoms with Crippen LogP contribution in [0.1, 0.15) is 30.8 Å². The van der Waals surface area contributed by atoms with E-state index in [1.165, 1.54) is 4.68 Å². The predicted octanol–water partition coefficient (Wildman–Crippen LogP) is 1.60. The number of carbonyl (C=O) groups is 1.